The Balaban J connectivity index is 1.52. The predicted octanol–water partition coefficient (Wildman–Crippen LogP) is 1.67. The van der Waals surface area contributed by atoms with E-state index in [1.807, 2.05) is 41.3 Å². The molecule has 5 heterocycles. The maximum absolute atomic E-state index is 10.1. The van der Waals surface area contributed by atoms with E-state index >= 15 is 0 Å². The van der Waals surface area contributed by atoms with Crippen molar-refractivity contribution in [3.8, 4) is 22.6 Å². The highest BCUT2D eigenvalue weighted by Crippen LogP contribution is 2.29. The zero-order valence-electron chi connectivity index (χ0n) is 16.8. The smallest absolute Gasteiger partial charge is 0.129 e. The van der Waals surface area contributed by atoms with Gasteiger partial charge in [0.25, 0.3) is 0 Å². The Labute approximate surface area is 173 Å². The molecule has 1 atom stereocenters. The fourth-order valence-corrected chi connectivity index (χ4v) is 3.77. The molecule has 0 aliphatic carbocycles. The lowest BCUT2D eigenvalue weighted by Crippen LogP contribution is -2.33. The third-order valence-corrected chi connectivity index (χ3v) is 5.37. The van der Waals surface area contributed by atoms with Crippen molar-refractivity contribution in [1.29, 1.82) is 0 Å². The molecule has 1 saturated heterocycles. The van der Waals surface area contributed by atoms with E-state index in [-0.39, 0.29) is 0 Å². The highest BCUT2D eigenvalue weighted by atomic mass is 16.3. The lowest BCUT2D eigenvalue weighted by atomic mass is 10.1. The van der Waals surface area contributed by atoms with Crippen molar-refractivity contribution >= 4 is 16.7 Å². The molecular formula is C21H24N8O. The molecule has 1 aliphatic heterocycles. The molecule has 0 radical (unpaired) electrons. The molecule has 1 aliphatic rings. The molecule has 4 aromatic heterocycles. The molecular weight excluding hydrogens is 380 g/mol. The van der Waals surface area contributed by atoms with E-state index in [9.17, 15) is 5.11 Å². The van der Waals surface area contributed by atoms with E-state index in [1.54, 1.807) is 6.20 Å². The molecule has 154 valence electrons. The van der Waals surface area contributed by atoms with Gasteiger partial charge in [-0.25, -0.2) is 4.98 Å². The number of nitrogens with zero attached hydrogens (tertiary/aromatic N) is 6. The molecule has 0 amide bonds. The molecule has 4 aromatic rings. The van der Waals surface area contributed by atoms with Gasteiger partial charge in [-0.2, -0.15) is 10.2 Å². The van der Waals surface area contributed by atoms with Gasteiger partial charge in [-0.15, -0.1) is 0 Å². The van der Waals surface area contributed by atoms with Crippen LogP contribution in [0.15, 0.2) is 42.9 Å². The van der Waals surface area contributed by atoms with Gasteiger partial charge in [0.2, 0.25) is 0 Å². The van der Waals surface area contributed by atoms with Gasteiger partial charge >= 0.3 is 0 Å². The number of β-amino-alcohol motifs (C(OH)–C–C–N with tert-alkyl or cyclic N) is 1. The SMILES string of the molecule is CCn1cc(-c2cc3c(-c4cccc(N5CCNC[C@H](O)C5)n4)n[nH]c3cn2)cn1. The second-order valence-corrected chi connectivity index (χ2v) is 7.46. The lowest BCUT2D eigenvalue weighted by molar-refractivity contribution is 0.184. The van der Waals surface area contributed by atoms with Gasteiger partial charge in [-0.05, 0) is 25.1 Å². The number of hydrogen-bond acceptors (Lipinski definition) is 7. The van der Waals surface area contributed by atoms with Gasteiger partial charge in [0.05, 0.1) is 35.4 Å². The molecule has 9 heteroatoms. The standard InChI is InChI=1S/C21H24N8O/c1-2-29-12-14(9-24-29)18-8-16-19(11-23-18)26-27-21(16)17-4-3-5-20(25-17)28-7-6-22-10-15(30)13-28/h3-5,8-9,11-12,15,22,30H,2,6-7,10,13H2,1H3,(H,26,27)/t15-/m0/s1. The summed E-state index contributed by atoms with van der Waals surface area (Å²) in [4.78, 5) is 11.5. The number of H-pyrrole nitrogens is 1. The average molecular weight is 404 g/mol. The second-order valence-electron chi connectivity index (χ2n) is 7.46. The van der Waals surface area contributed by atoms with Crippen LogP contribution in [0.1, 0.15) is 6.92 Å². The molecule has 0 unspecified atom stereocenters. The summed E-state index contributed by atoms with van der Waals surface area (Å²) in [5.41, 5.74) is 4.25. The van der Waals surface area contributed by atoms with Gasteiger partial charge < -0.3 is 15.3 Å². The minimum Gasteiger partial charge on any atom is -0.390 e. The number of aryl methyl sites for hydroxylation is 1. The summed E-state index contributed by atoms with van der Waals surface area (Å²) in [7, 11) is 0. The summed E-state index contributed by atoms with van der Waals surface area (Å²) in [6, 6.07) is 7.94. The van der Waals surface area contributed by atoms with Crippen LogP contribution in [0.3, 0.4) is 0 Å². The summed E-state index contributed by atoms with van der Waals surface area (Å²) in [6.07, 6.45) is 5.20. The summed E-state index contributed by atoms with van der Waals surface area (Å²) in [5, 5.41) is 26.2. The number of hydrogen-bond donors (Lipinski definition) is 3. The fraction of sp³-hybridized carbons (Fsp3) is 0.333. The maximum atomic E-state index is 10.1. The zero-order chi connectivity index (χ0) is 20.5. The first-order chi connectivity index (χ1) is 14.7. The van der Waals surface area contributed by atoms with Crippen molar-refractivity contribution < 1.29 is 5.11 Å². The van der Waals surface area contributed by atoms with Crippen molar-refractivity contribution in [1.82, 2.24) is 35.3 Å². The summed E-state index contributed by atoms with van der Waals surface area (Å²) in [6.45, 7) is 5.64. The number of nitrogens with one attached hydrogen (secondary N) is 2. The molecule has 0 saturated carbocycles. The Hall–Kier alpha value is -3.30. The lowest BCUT2D eigenvalue weighted by Gasteiger charge is -2.23. The minimum atomic E-state index is -0.415. The average Bonchev–Trinajstić information content (AvgIpc) is 3.37. The first kappa shape index (κ1) is 18.7. The first-order valence-corrected chi connectivity index (χ1v) is 10.2. The number of aliphatic hydroxyl groups excluding tert-OH is 1. The van der Waals surface area contributed by atoms with Crippen LogP contribution < -0.4 is 10.2 Å². The molecule has 3 N–H and O–H groups in total. The van der Waals surface area contributed by atoms with E-state index in [0.29, 0.717) is 13.1 Å². The molecule has 0 aromatic carbocycles. The fourth-order valence-electron chi connectivity index (χ4n) is 3.77. The number of pyridine rings is 2. The van der Waals surface area contributed by atoms with Crippen LogP contribution in [-0.4, -0.2) is 67.3 Å². The molecule has 1 fully saturated rings. The van der Waals surface area contributed by atoms with Gasteiger partial charge in [-0.1, -0.05) is 6.07 Å². The van der Waals surface area contributed by atoms with E-state index in [1.165, 1.54) is 0 Å². The molecule has 9 nitrogen and oxygen atoms in total. The van der Waals surface area contributed by atoms with Crippen LogP contribution in [0.5, 0.6) is 0 Å². The molecule has 30 heavy (non-hydrogen) atoms. The van der Waals surface area contributed by atoms with Gasteiger partial charge in [0.1, 0.15) is 11.5 Å². The molecule has 0 bridgehead atoms. The van der Waals surface area contributed by atoms with Crippen LogP contribution in [0.25, 0.3) is 33.5 Å². The van der Waals surface area contributed by atoms with Gasteiger partial charge in [0.15, 0.2) is 0 Å². The van der Waals surface area contributed by atoms with Crippen molar-refractivity contribution in [3.05, 3.63) is 42.9 Å². The Morgan fingerprint density at radius 2 is 2.17 bits per heavy atom. The number of aromatic amines is 1. The number of rotatable bonds is 4. The third-order valence-electron chi connectivity index (χ3n) is 5.37. The number of fused-ring (bicyclic) bond motifs is 1. The van der Waals surface area contributed by atoms with Gasteiger partial charge in [-0.3, -0.25) is 14.8 Å². The Bertz CT molecular complexity index is 1170. The molecule has 0 spiro atoms. The van der Waals surface area contributed by atoms with E-state index in [4.69, 9.17) is 4.98 Å². The van der Waals surface area contributed by atoms with Crippen LogP contribution in [0, 0.1) is 0 Å². The van der Waals surface area contributed by atoms with Crippen LogP contribution in [0.4, 0.5) is 5.82 Å². The van der Waals surface area contributed by atoms with E-state index in [2.05, 4.69) is 37.4 Å². The van der Waals surface area contributed by atoms with Crippen LogP contribution >= 0.6 is 0 Å². The molecule has 5 rings (SSSR count). The van der Waals surface area contributed by atoms with Crippen LogP contribution in [0.2, 0.25) is 0 Å². The monoisotopic (exact) mass is 404 g/mol. The van der Waals surface area contributed by atoms with Crippen molar-refractivity contribution in [2.45, 2.75) is 19.6 Å². The highest BCUT2D eigenvalue weighted by molar-refractivity contribution is 5.93. The first-order valence-electron chi connectivity index (χ1n) is 10.2. The minimum absolute atomic E-state index is 0.415. The zero-order valence-corrected chi connectivity index (χ0v) is 16.8. The Morgan fingerprint density at radius 3 is 3.03 bits per heavy atom. The quantitative estimate of drug-likeness (QED) is 0.475. The van der Waals surface area contributed by atoms with E-state index in [0.717, 1.165) is 59.0 Å². The van der Waals surface area contributed by atoms with Crippen molar-refractivity contribution in [2.24, 2.45) is 0 Å². The van der Waals surface area contributed by atoms with Crippen molar-refractivity contribution in [2.75, 3.05) is 31.1 Å². The normalized spacial score (nSPS) is 17.4. The topological polar surface area (TPSA) is 108 Å². The third kappa shape index (κ3) is 3.53. The summed E-state index contributed by atoms with van der Waals surface area (Å²) < 4.78 is 1.88. The summed E-state index contributed by atoms with van der Waals surface area (Å²) in [5.74, 6) is 0.838. The van der Waals surface area contributed by atoms with Gasteiger partial charge in [0, 0.05) is 49.9 Å². The van der Waals surface area contributed by atoms with Crippen molar-refractivity contribution in [3.63, 3.8) is 0 Å². The Kier molecular flexibility index (Phi) is 4.89. The maximum Gasteiger partial charge on any atom is 0.129 e. The summed E-state index contributed by atoms with van der Waals surface area (Å²) >= 11 is 0. The number of anilines is 1. The number of aromatic nitrogens is 6. The predicted molar refractivity (Wildman–Crippen MR) is 115 cm³/mol. The number of aliphatic hydroxyl groups is 1. The highest BCUT2D eigenvalue weighted by Gasteiger charge is 2.18. The van der Waals surface area contributed by atoms with Crippen LogP contribution in [-0.2, 0) is 6.54 Å². The largest absolute Gasteiger partial charge is 0.390 e. The Morgan fingerprint density at radius 1 is 1.23 bits per heavy atom. The second kappa shape index (κ2) is 7.85. The van der Waals surface area contributed by atoms with E-state index < -0.39 is 6.10 Å².